The first-order valence-electron chi connectivity index (χ1n) is 10.1. The van der Waals surface area contributed by atoms with Gasteiger partial charge < -0.3 is 0 Å². The van der Waals surface area contributed by atoms with Crippen molar-refractivity contribution in [2.24, 2.45) is 0 Å². The molecule has 142 valence electrons. The number of hydrogen-bond acceptors (Lipinski definition) is 1. The zero-order chi connectivity index (χ0) is 18.4. The van der Waals surface area contributed by atoms with Crippen LogP contribution in [0, 0.1) is 0 Å². The van der Waals surface area contributed by atoms with E-state index in [1.165, 1.54) is 44.9 Å². The minimum Gasteiger partial charge on any atom is -0.281 e. The summed E-state index contributed by atoms with van der Waals surface area (Å²) < 4.78 is 0. The van der Waals surface area contributed by atoms with Crippen LogP contribution in [0.2, 0.25) is 0 Å². The van der Waals surface area contributed by atoms with Crippen LogP contribution < -0.4 is 0 Å². The Morgan fingerprint density at radius 1 is 0.640 bits per heavy atom. The molecule has 0 aromatic heterocycles. The first kappa shape index (κ1) is 23.9. The van der Waals surface area contributed by atoms with E-state index in [0.717, 1.165) is 32.1 Å². The van der Waals surface area contributed by atoms with Crippen molar-refractivity contribution in [1.29, 1.82) is 0 Å². The van der Waals surface area contributed by atoms with Crippen molar-refractivity contribution in [3.05, 3.63) is 48.6 Å². The van der Waals surface area contributed by atoms with Crippen molar-refractivity contribution in [2.45, 2.75) is 90.4 Å². The monoisotopic (exact) mass is 364 g/mol. The second kappa shape index (κ2) is 21.0. The van der Waals surface area contributed by atoms with Crippen LogP contribution in [0.5, 0.6) is 0 Å². The van der Waals surface area contributed by atoms with E-state index in [2.05, 4.69) is 55.5 Å². The summed E-state index contributed by atoms with van der Waals surface area (Å²) in [6.45, 7) is 2.26. The quantitative estimate of drug-likeness (QED) is 0.145. The van der Waals surface area contributed by atoms with E-state index in [-0.39, 0.29) is 5.24 Å². The van der Waals surface area contributed by atoms with E-state index < -0.39 is 0 Å². The number of unbranched alkanes of at least 4 members (excludes halogenated alkanes) is 7. The molecule has 0 amide bonds. The molecule has 0 fully saturated rings. The molecule has 0 aliphatic carbocycles. The zero-order valence-corrected chi connectivity index (χ0v) is 16.9. The summed E-state index contributed by atoms with van der Waals surface area (Å²) in [5, 5.41) is -0.239. The molecule has 0 saturated heterocycles. The fraction of sp³-hybridized carbons (Fsp3) is 0.609. The normalized spacial score (nSPS) is 12.4. The van der Waals surface area contributed by atoms with Crippen LogP contribution in [-0.2, 0) is 4.79 Å². The topological polar surface area (TPSA) is 17.1 Å². The van der Waals surface area contributed by atoms with E-state index >= 15 is 0 Å². The van der Waals surface area contributed by atoms with Crippen LogP contribution in [-0.4, -0.2) is 5.24 Å². The number of halogens is 1. The van der Waals surface area contributed by atoms with Gasteiger partial charge in [0.05, 0.1) is 0 Å². The Morgan fingerprint density at radius 2 is 1.08 bits per heavy atom. The van der Waals surface area contributed by atoms with Crippen molar-refractivity contribution < 1.29 is 4.79 Å². The van der Waals surface area contributed by atoms with E-state index in [1.54, 1.807) is 0 Å². The minimum atomic E-state index is -0.239. The Labute approximate surface area is 160 Å². The molecule has 2 heteroatoms. The smallest absolute Gasteiger partial charge is 0.221 e. The molecule has 0 N–H and O–H groups in total. The summed E-state index contributed by atoms with van der Waals surface area (Å²) in [4.78, 5) is 10.6. The fourth-order valence-corrected chi connectivity index (χ4v) is 2.58. The largest absolute Gasteiger partial charge is 0.281 e. The molecule has 0 saturated carbocycles. The van der Waals surface area contributed by atoms with Crippen molar-refractivity contribution in [3.8, 4) is 0 Å². The third kappa shape index (κ3) is 22.9. The molecule has 0 aliphatic rings. The number of rotatable bonds is 17. The maximum absolute atomic E-state index is 10.6. The number of carbonyl (C=O) groups excluding carboxylic acids is 1. The molecular weight excluding hydrogens is 328 g/mol. The summed E-state index contributed by atoms with van der Waals surface area (Å²) in [5.41, 5.74) is 0. The van der Waals surface area contributed by atoms with Gasteiger partial charge in [0.1, 0.15) is 0 Å². The lowest BCUT2D eigenvalue weighted by molar-refractivity contribution is -0.111. The van der Waals surface area contributed by atoms with Gasteiger partial charge in [0.15, 0.2) is 0 Å². The van der Waals surface area contributed by atoms with Gasteiger partial charge in [-0.2, -0.15) is 0 Å². The third-order valence-electron chi connectivity index (χ3n) is 3.95. The molecule has 25 heavy (non-hydrogen) atoms. The molecule has 0 radical (unpaired) electrons. The van der Waals surface area contributed by atoms with Crippen LogP contribution >= 0.6 is 11.6 Å². The van der Waals surface area contributed by atoms with Crippen LogP contribution in [0.3, 0.4) is 0 Å². The molecule has 0 bridgehead atoms. The van der Waals surface area contributed by atoms with E-state index in [9.17, 15) is 4.79 Å². The van der Waals surface area contributed by atoms with Crippen LogP contribution in [0.25, 0.3) is 0 Å². The summed E-state index contributed by atoms with van der Waals surface area (Å²) >= 11 is 5.28. The highest BCUT2D eigenvalue weighted by molar-refractivity contribution is 6.63. The summed E-state index contributed by atoms with van der Waals surface area (Å²) in [6.07, 6.45) is 32.4. The van der Waals surface area contributed by atoms with Crippen molar-refractivity contribution in [2.75, 3.05) is 0 Å². The number of allylic oxidation sites excluding steroid dienone is 8. The lowest BCUT2D eigenvalue weighted by Gasteiger charge is -1.97. The van der Waals surface area contributed by atoms with Gasteiger partial charge in [-0.05, 0) is 56.5 Å². The molecule has 0 aliphatic heterocycles. The van der Waals surface area contributed by atoms with Gasteiger partial charge in [-0.1, -0.05) is 87.6 Å². The number of carbonyl (C=O) groups is 1. The second-order valence-electron chi connectivity index (χ2n) is 6.40. The van der Waals surface area contributed by atoms with E-state index in [4.69, 9.17) is 11.6 Å². The first-order chi connectivity index (χ1) is 12.3. The average molecular weight is 365 g/mol. The van der Waals surface area contributed by atoms with Crippen molar-refractivity contribution >= 4 is 16.8 Å². The molecule has 0 rings (SSSR count). The zero-order valence-electron chi connectivity index (χ0n) is 16.1. The molecule has 0 spiro atoms. The molecule has 1 nitrogen and oxygen atoms in total. The minimum absolute atomic E-state index is 0.239. The van der Waals surface area contributed by atoms with Gasteiger partial charge in [0.2, 0.25) is 5.24 Å². The van der Waals surface area contributed by atoms with Crippen LogP contribution in [0.15, 0.2) is 48.6 Å². The van der Waals surface area contributed by atoms with E-state index in [1.807, 2.05) is 0 Å². The maximum atomic E-state index is 10.6. The van der Waals surface area contributed by atoms with Crippen molar-refractivity contribution in [3.63, 3.8) is 0 Å². The Kier molecular flexibility index (Phi) is 20.1. The van der Waals surface area contributed by atoms with Crippen LogP contribution in [0.4, 0.5) is 0 Å². The summed E-state index contributed by atoms with van der Waals surface area (Å²) in [5.74, 6) is 0. The number of hydrogen-bond donors (Lipinski definition) is 0. The Morgan fingerprint density at radius 3 is 1.60 bits per heavy atom. The van der Waals surface area contributed by atoms with Gasteiger partial charge in [-0.3, -0.25) is 4.79 Å². The average Bonchev–Trinajstić information content (AvgIpc) is 2.60. The Balaban J connectivity index is 3.37. The van der Waals surface area contributed by atoms with Gasteiger partial charge in [-0.15, -0.1) is 0 Å². The lowest BCUT2D eigenvalue weighted by atomic mass is 10.1. The molecule has 0 aromatic carbocycles. The highest BCUT2D eigenvalue weighted by Gasteiger charge is 1.92. The van der Waals surface area contributed by atoms with Gasteiger partial charge in [0.25, 0.3) is 0 Å². The van der Waals surface area contributed by atoms with Gasteiger partial charge in [0, 0.05) is 6.42 Å². The maximum Gasteiger partial charge on any atom is 0.221 e. The summed E-state index contributed by atoms with van der Waals surface area (Å²) in [6, 6.07) is 0. The van der Waals surface area contributed by atoms with Gasteiger partial charge >= 0.3 is 0 Å². The second-order valence-corrected chi connectivity index (χ2v) is 6.82. The van der Waals surface area contributed by atoms with Gasteiger partial charge in [-0.25, -0.2) is 0 Å². The molecule has 0 unspecified atom stereocenters. The molecule has 0 aromatic rings. The highest BCUT2D eigenvalue weighted by atomic mass is 35.5. The highest BCUT2D eigenvalue weighted by Crippen LogP contribution is 2.07. The predicted molar refractivity (Wildman–Crippen MR) is 113 cm³/mol. The lowest BCUT2D eigenvalue weighted by Crippen LogP contribution is -1.83. The molecular formula is C23H37ClO. The predicted octanol–water partition coefficient (Wildman–Crippen LogP) is 8.07. The Bertz CT molecular complexity index is 404. The first-order valence-corrected chi connectivity index (χ1v) is 10.4. The van der Waals surface area contributed by atoms with Crippen molar-refractivity contribution in [1.82, 2.24) is 0 Å². The SMILES string of the molecule is CCCCCCCC/C=C\C/C=C\C/C=C\C/C=C\CCCC(=O)Cl. The Hall–Kier alpha value is -1.08. The molecule has 0 heterocycles. The van der Waals surface area contributed by atoms with E-state index in [0.29, 0.717) is 6.42 Å². The molecule has 0 atom stereocenters. The van der Waals surface area contributed by atoms with Crippen LogP contribution in [0.1, 0.15) is 90.4 Å². The summed E-state index contributed by atoms with van der Waals surface area (Å²) in [7, 11) is 0. The standard InChI is InChI=1S/C23H37ClO/c1-2-3-4-5-6-7-8-9-10-11-12-13-14-15-16-17-18-19-20-21-22-23(24)25/h9-10,12-13,15-16,18-19H,2-8,11,14,17,20-22H2,1H3/b10-9-,13-12-,16-15-,19-18-. The third-order valence-corrected chi connectivity index (χ3v) is 4.14. The fourth-order valence-electron chi connectivity index (χ4n) is 2.45.